The highest BCUT2D eigenvalue weighted by atomic mass is 32.2. The van der Waals surface area contributed by atoms with Gasteiger partial charge in [0.1, 0.15) is 0 Å². The summed E-state index contributed by atoms with van der Waals surface area (Å²) in [5.74, 6) is 0. The van der Waals surface area contributed by atoms with E-state index in [1.807, 2.05) is 30.3 Å². The summed E-state index contributed by atoms with van der Waals surface area (Å²) < 4.78 is 33.6. The van der Waals surface area contributed by atoms with E-state index in [0.29, 0.717) is 19.7 Å². The van der Waals surface area contributed by atoms with Crippen LogP contribution in [-0.4, -0.2) is 38.6 Å². The average molecular weight is 357 g/mol. The van der Waals surface area contributed by atoms with Gasteiger partial charge >= 0.3 is 0 Å². The number of ether oxygens (including phenoxy) is 1. The van der Waals surface area contributed by atoms with Crippen molar-refractivity contribution in [1.82, 2.24) is 9.62 Å². The molecule has 1 saturated heterocycles. The van der Waals surface area contributed by atoms with E-state index in [1.54, 1.807) is 30.3 Å². The van der Waals surface area contributed by atoms with E-state index >= 15 is 0 Å². The Morgan fingerprint density at radius 3 is 2.36 bits per heavy atom. The summed E-state index contributed by atoms with van der Waals surface area (Å²) in [7, 11) is -3.66. The van der Waals surface area contributed by atoms with Crippen LogP contribution < -0.4 is 4.72 Å². The van der Waals surface area contributed by atoms with Crippen molar-refractivity contribution in [2.45, 2.75) is 23.6 Å². The largest absolute Gasteiger partial charge is 0.370 e. The standard InChI is InChI=1S/C18H19N3O3S/c19-14-21-11-17(20-25(22,23)16-9-5-2-6-10-16)18(12-21)24-13-15-7-3-1-4-8-15/h1-10,17-18,20H,11-13H2/t17-,18-/m0/s1. The molecule has 0 saturated carbocycles. The zero-order valence-corrected chi connectivity index (χ0v) is 14.4. The smallest absolute Gasteiger partial charge is 0.240 e. The molecule has 7 heteroatoms. The van der Waals surface area contributed by atoms with Crippen molar-refractivity contribution in [1.29, 1.82) is 5.26 Å². The Balaban J connectivity index is 1.70. The molecule has 0 radical (unpaired) electrons. The minimum Gasteiger partial charge on any atom is -0.370 e. The number of likely N-dealkylation sites (tertiary alicyclic amines) is 1. The number of nitriles is 1. The van der Waals surface area contributed by atoms with Crippen molar-refractivity contribution in [3.63, 3.8) is 0 Å². The fourth-order valence-corrected chi connectivity index (χ4v) is 4.06. The quantitative estimate of drug-likeness (QED) is 0.796. The van der Waals surface area contributed by atoms with Gasteiger partial charge in [-0.25, -0.2) is 13.1 Å². The first kappa shape index (κ1) is 17.4. The van der Waals surface area contributed by atoms with Crippen molar-refractivity contribution in [2.24, 2.45) is 0 Å². The van der Waals surface area contributed by atoms with E-state index in [0.717, 1.165) is 5.56 Å². The molecule has 1 aliphatic heterocycles. The Morgan fingerprint density at radius 1 is 1.08 bits per heavy atom. The summed E-state index contributed by atoms with van der Waals surface area (Å²) in [5, 5.41) is 9.15. The van der Waals surface area contributed by atoms with E-state index in [4.69, 9.17) is 10.00 Å². The monoisotopic (exact) mass is 357 g/mol. The molecule has 0 amide bonds. The predicted molar refractivity (Wildman–Crippen MR) is 92.8 cm³/mol. The molecule has 2 aromatic rings. The van der Waals surface area contributed by atoms with Crippen LogP contribution in [0, 0.1) is 11.5 Å². The van der Waals surface area contributed by atoms with Crippen LogP contribution in [0.1, 0.15) is 5.56 Å². The molecule has 0 aliphatic carbocycles. The zero-order chi connectivity index (χ0) is 17.7. The molecule has 2 atom stereocenters. The molecule has 1 aliphatic rings. The van der Waals surface area contributed by atoms with Crippen molar-refractivity contribution in [3.05, 3.63) is 66.2 Å². The summed E-state index contributed by atoms with van der Waals surface area (Å²) in [5.41, 5.74) is 1.00. The molecule has 0 aromatic heterocycles. The Kier molecular flexibility index (Phi) is 5.34. The third-order valence-corrected chi connectivity index (χ3v) is 5.58. The van der Waals surface area contributed by atoms with Gasteiger partial charge in [-0.1, -0.05) is 48.5 Å². The van der Waals surface area contributed by atoms with Crippen LogP contribution in [0.15, 0.2) is 65.6 Å². The van der Waals surface area contributed by atoms with Crippen molar-refractivity contribution in [2.75, 3.05) is 13.1 Å². The lowest BCUT2D eigenvalue weighted by atomic mass is 10.2. The summed E-state index contributed by atoms with van der Waals surface area (Å²) >= 11 is 0. The number of rotatable bonds is 6. The summed E-state index contributed by atoms with van der Waals surface area (Å²) in [6.45, 7) is 1.03. The molecular formula is C18H19N3O3S. The fourth-order valence-electron chi connectivity index (χ4n) is 2.78. The average Bonchev–Trinajstić information content (AvgIpc) is 3.03. The molecule has 6 nitrogen and oxygen atoms in total. The molecule has 3 rings (SSSR count). The van der Waals surface area contributed by atoms with Crippen LogP contribution >= 0.6 is 0 Å². The van der Waals surface area contributed by atoms with Crippen LogP contribution in [0.5, 0.6) is 0 Å². The molecular weight excluding hydrogens is 338 g/mol. The van der Waals surface area contributed by atoms with Crippen LogP contribution in [-0.2, 0) is 21.4 Å². The van der Waals surface area contributed by atoms with Crippen LogP contribution in [0.2, 0.25) is 0 Å². The Labute approximate surface area is 147 Å². The number of nitrogens with one attached hydrogen (secondary N) is 1. The van der Waals surface area contributed by atoms with E-state index in [-0.39, 0.29) is 4.90 Å². The number of benzene rings is 2. The second kappa shape index (κ2) is 7.66. The Morgan fingerprint density at radius 2 is 1.72 bits per heavy atom. The molecule has 1 fully saturated rings. The van der Waals surface area contributed by atoms with Crippen LogP contribution in [0.25, 0.3) is 0 Å². The molecule has 2 aromatic carbocycles. The lowest BCUT2D eigenvalue weighted by Crippen LogP contribution is -2.43. The summed E-state index contributed by atoms with van der Waals surface area (Å²) in [6, 6.07) is 17.4. The van der Waals surface area contributed by atoms with Gasteiger partial charge in [-0.15, -0.1) is 0 Å². The second-order valence-corrected chi connectivity index (χ2v) is 7.59. The lowest BCUT2D eigenvalue weighted by molar-refractivity contribution is 0.0383. The van der Waals surface area contributed by atoms with Gasteiger partial charge in [0, 0.05) is 6.54 Å². The van der Waals surface area contributed by atoms with Crippen LogP contribution in [0.4, 0.5) is 0 Å². The maximum atomic E-state index is 12.5. The number of hydrogen-bond donors (Lipinski definition) is 1. The minimum absolute atomic E-state index is 0.201. The van der Waals surface area contributed by atoms with Crippen molar-refractivity contribution in [3.8, 4) is 6.19 Å². The second-order valence-electron chi connectivity index (χ2n) is 5.88. The zero-order valence-electron chi connectivity index (χ0n) is 13.6. The van der Waals surface area contributed by atoms with E-state index in [2.05, 4.69) is 10.9 Å². The third-order valence-electron chi connectivity index (χ3n) is 4.07. The SMILES string of the molecule is N#CN1C[C@H](NS(=O)(=O)c2ccccc2)[C@@H](OCc2ccccc2)C1. The van der Waals surface area contributed by atoms with Gasteiger partial charge in [-0.3, -0.25) is 0 Å². The Bertz CT molecular complexity index is 835. The van der Waals surface area contributed by atoms with E-state index < -0.39 is 22.2 Å². The fraction of sp³-hybridized carbons (Fsp3) is 0.278. The van der Waals surface area contributed by atoms with Gasteiger partial charge in [0.2, 0.25) is 10.0 Å². The highest BCUT2D eigenvalue weighted by Crippen LogP contribution is 2.18. The molecule has 0 spiro atoms. The minimum atomic E-state index is -3.66. The molecule has 1 heterocycles. The normalized spacial score (nSPS) is 20.4. The van der Waals surface area contributed by atoms with E-state index in [1.165, 1.54) is 4.90 Å². The maximum absolute atomic E-state index is 12.5. The molecule has 130 valence electrons. The topological polar surface area (TPSA) is 82.4 Å². The summed E-state index contributed by atoms with van der Waals surface area (Å²) in [4.78, 5) is 1.71. The molecule has 25 heavy (non-hydrogen) atoms. The highest BCUT2D eigenvalue weighted by Gasteiger charge is 2.36. The first-order chi connectivity index (χ1) is 12.1. The highest BCUT2D eigenvalue weighted by molar-refractivity contribution is 7.89. The van der Waals surface area contributed by atoms with Crippen molar-refractivity contribution < 1.29 is 13.2 Å². The maximum Gasteiger partial charge on any atom is 0.240 e. The van der Waals surface area contributed by atoms with Gasteiger partial charge in [-0.2, -0.15) is 5.26 Å². The predicted octanol–water partition coefficient (Wildman–Crippen LogP) is 1.72. The van der Waals surface area contributed by atoms with Gasteiger partial charge in [0.05, 0.1) is 30.2 Å². The van der Waals surface area contributed by atoms with E-state index in [9.17, 15) is 8.42 Å². The lowest BCUT2D eigenvalue weighted by Gasteiger charge is -2.20. The van der Waals surface area contributed by atoms with Gasteiger partial charge in [0.15, 0.2) is 6.19 Å². The number of sulfonamides is 1. The first-order valence-electron chi connectivity index (χ1n) is 7.96. The summed E-state index contributed by atoms with van der Waals surface area (Å²) in [6.07, 6.45) is 1.68. The Hall–Kier alpha value is -2.40. The van der Waals surface area contributed by atoms with Crippen LogP contribution in [0.3, 0.4) is 0 Å². The number of nitrogens with zero attached hydrogens (tertiary/aromatic N) is 2. The molecule has 1 N–H and O–H groups in total. The first-order valence-corrected chi connectivity index (χ1v) is 9.44. The number of hydrogen-bond acceptors (Lipinski definition) is 5. The molecule has 0 unspecified atom stereocenters. The third kappa shape index (κ3) is 4.37. The molecule has 0 bridgehead atoms. The van der Waals surface area contributed by atoms with Crippen molar-refractivity contribution >= 4 is 10.0 Å². The van der Waals surface area contributed by atoms with Gasteiger partial charge in [-0.05, 0) is 17.7 Å². The van der Waals surface area contributed by atoms with Gasteiger partial charge in [0.25, 0.3) is 0 Å². The van der Waals surface area contributed by atoms with Gasteiger partial charge < -0.3 is 9.64 Å².